The van der Waals surface area contributed by atoms with Gasteiger partial charge in [0.05, 0.1) is 5.25 Å². The van der Waals surface area contributed by atoms with E-state index in [-0.39, 0.29) is 17.8 Å². The summed E-state index contributed by atoms with van der Waals surface area (Å²) in [6.07, 6.45) is 6.96. The molecule has 1 amide bonds. The van der Waals surface area contributed by atoms with Crippen molar-refractivity contribution in [3.05, 3.63) is 0 Å². The van der Waals surface area contributed by atoms with Gasteiger partial charge in [-0.3, -0.25) is 4.79 Å². The van der Waals surface area contributed by atoms with Crippen molar-refractivity contribution in [3.8, 4) is 0 Å². The van der Waals surface area contributed by atoms with E-state index < -0.39 is 0 Å². The number of rotatable bonds is 4. The van der Waals surface area contributed by atoms with E-state index in [9.17, 15) is 9.90 Å². The highest BCUT2D eigenvalue weighted by Gasteiger charge is 2.27. The van der Waals surface area contributed by atoms with Gasteiger partial charge in [0.2, 0.25) is 5.91 Å². The molecule has 1 heterocycles. The Hall–Kier alpha value is -0.220. The molecule has 0 radical (unpaired) electrons. The molecule has 1 aliphatic carbocycles. The molecule has 0 aromatic carbocycles. The van der Waals surface area contributed by atoms with Crippen molar-refractivity contribution in [1.29, 1.82) is 0 Å². The Morgan fingerprint density at radius 3 is 2.59 bits per heavy atom. The van der Waals surface area contributed by atoms with Gasteiger partial charge in [-0.15, -0.1) is 11.8 Å². The highest BCUT2D eigenvalue weighted by molar-refractivity contribution is 8.00. The molecule has 2 fully saturated rings. The smallest absolute Gasteiger partial charge is 0.233 e. The number of thioether (sulfide) groups is 1. The van der Waals surface area contributed by atoms with E-state index in [0.29, 0.717) is 11.8 Å². The van der Waals surface area contributed by atoms with Crippen LogP contribution < -0.4 is 5.32 Å². The maximum Gasteiger partial charge on any atom is 0.233 e. The first-order chi connectivity index (χ1) is 8.31. The van der Waals surface area contributed by atoms with Gasteiger partial charge in [-0.1, -0.05) is 12.8 Å². The molecule has 3 nitrogen and oxygen atoms in total. The number of carbonyl (C=O) groups excluding carboxylic acids is 1. The van der Waals surface area contributed by atoms with Crippen LogP contribution in [0.25, 0.3) is 0 Å². The summed E-state index contributed by atoms with van der Waals surface area (Å²) < 4.78 is 0. The number of aliphatic hydroxyl groups is 1. The second-order valence-corrected chi connectivity index (χ2v) is 6.54. The molecule has 0 spiro atoms. The molecule has 1 aliphatic heterocycles. The molecule has 2 rings (SSSR count). The predicted molar refractivity (Wildman–Crippen MR) is 71.0 cm³/mol. The number of hydrogen-bond donors (Lipinski definition) is 2. The SMILES string of the molecule is O=C(NCC1CCCCC1CO)C1CCCS1. The van der Waals surface area contributed by atoms with Crippen LogP contribution in [0.3, 0.4) is 0 Å². The monoisotopic (exact) mass is 257 g/mol. The molecule has 2 N–H and O–H groups in total. The Balaban J connectivity index is 1.74. The Morgan fingerprint density at radius 2 is 1.94 bits per heavy atom. The second kappa shape index (κ2) is 6.64. The Morgan fingerprint density at radius 1 is 1.18 bits per heavy atom. The summed E-state index contributed by atoms with van der Waals surface area (Å²) in [6.45, 7) is 1.04. The molecule has 1 saturated heterocycles. The predicted octanol–water partition coefficient (Wildman–Crippen LogP) is 1.80. The minimum Gasteiger partial charge on any atom is -0.396 e. The average molecular weight is 257 g/mol. The summed E-state index contributed by atoms with van der Waals surface area (Å²) in [5.74, 6) is 2.24. The number of amides is 1. The highest BCUT2D eigenvalue weighted by atomic mass is 32.2. The molecule has 0 bridgehead atoms. The van der Waals surface area contributed by atoms with E-state index in [1.54, 1.807) is 11.8 Å². The normalized spacial score (nSPS) is 33.6. The first-order valence-electron chi connectivity index (χ1n) is 6.81. The van der Waals surface area contributed by atoms with E-state index in [4.69, 9.17) is 0 Å². The Labute approximate surface area is 108 Å². The van der Waals surface area contributed by atoms with Crippen molar-refractivity contribution >= 4 is 17.7 Å². The van der Waals surface area contributed by atoms with Crippen LogP contribution in [0.1, 0.15) is 38.5 Å². The Bertz CT molecular complexity index is 254. The maximum absolute atomic E-state index is 11.9. The van der Waals surface area contributed by atoms with Crippen LogP contribution in [0.5, 0.6) is 0 Å². The molecule has 0 aromatic rings. The standard InChI is InChI=1S/C13H23NO2S/c15-9-11-5-2-1-4-10(11)8-14-13(16)12-6-3-7-17-12/h10-12,15H,1-9H2,(H,14,16). The van der Waals surface area contributed by atoms with Crippen molar-refractivity contribution < 1.29 is 9.90 Å². The third-order valence-corrected chi connectivity index (χ3v) is 5.44. The van der Waals surface area contributed by atoms with Gasteiger partial charge in [0.25, 0.3) is 0 Å². The number of carbonyl (C=O) groups is 1. The van der Waals surface area contributed by atoms with Crippen LogP contribution in [0.4, 0.5) is 0 Å². The maximum atomic E-state index is 11.9. The van der Waals surface area contributed by atoms with Crippen molar-refractivity contribution in [2.45, 2.75) is 43.8 Å². The van der Waals surface area contributed by atoms with E-state index in [0.717, 1.165) is 31.6 Å². The molecule has 1 saturated carbocycles. The fourth-order valence-corrected chi connectivity index (χ4v) is 4.11. The molecule has 2 aliphatic rings. The molecule has 17 heavy (non-hydrogen) atoms. The Kier molecular flexibility index (Phi) is 5.16. The number of nitrogens with one attached hydrogen (secondary N) is 1. The summed E-state index contributed by atoms with van der Waals surface area (Å²) >= 11 is 1.78. The lowest BCUT2D eigenvalue weighted by Gasteiger charge is -2.30. The van der Waals surface area contributed by atoms with Gasteiger partial charge in [0.15, 0.2) is 0 Å². The van der Waals surface area contributed by atoms with Gasteiger partial charge in [-0.2, -0.15) is 0 Å². The van der Waals surface area contributed by atoms with E-state index in [1.165, 1.54) is 19.3 Å². The number of hydrogen-bond acceptors (Lipinski definition) is 3. The van der Waals surface area contributed by atoms with Crippen LogP contribution in [-0.2, 0) is 4.79 Å². The molecule has 0 aromatic heterocycles. The fraction of sp³-hybridized carbons (Fsp3) is 0.923. The summed E-state index contributed by atoms with van der Waals surface area (Å²) in [5.41, 5.74) is 0. The molecule has 3 atom stereocenters. The lowest BCUT2D eigenvalue weighted by atomic mass is 9.79. The zero-order valence-corrected chi connectivity index (χ0v) is 11.2. The average Bonchev–Trinajstić information content (AvgIpc) is 2.90. The van der Waals surface area contributed by atoms with Crippen LogP contribution >= 0.6 is 11.8 Å². The summed E-state index contributed by atoms with van der Waals surface area (Å²) in [6, 6.07) is 0. The third kappa shape index (κ3) is 3.62. The molecule has 98 valence electrons. The minimum atomic E-state index is 0.186. The highest BCUT2D eigenvalue weighted by Crippen LogP contribution is 2.30. The molecular weight excluding hydrogens is 234 g/mol. The van der Waals surface area contributed by atoms with Gasteiger partial charge in [0.1, 0.15) is 0 Å². The second-order valence-electron chi connectivity index (χ2n) is 5.23. The number of aliphatic hydroxyl groups excluding tert-OH is 1. The van der Waals surface area contributed by atoms with Gasteiger partial charge in [-0.25, -0.2) is 0 Å². The van der Waals surface area contributed by atoms with Crippen LogP contribution in [-0.4, -0.2) is 35.2 Å². The summed E-state index contributed by atoms with van der Waals surface area (Å²) in [4.78, 5) is 11.9. The molecular formula is C13H23NO2S. The van der Waals surface area contributed by atoms with E-state index in [2.05, 4.69) is 5.32 Å². The summed E-state index contributed by atoms with van der Waals surface area (Å²) in [5, 5.41) is 12.6. The van der Waals surface area contributed by atoms with Gasteiger partial charge < -0.3 is 10.4 Å². The van der Waals surface area contributed by atoms with Gasteiger partial charge >= 0.3 is 0 Å². The molecule has 4 heteroatoms. The van der Waals surface area contributed by atoms with Gasteiger partial charge in [-0.05, 0) is 43.3 Å². The zero-order valence-electron chi connectivity index (χ0n) is 10.4. The quantitative estimate of drug-likeness (QED) is 0.807. The van der Waals surface area contributed by atoms with Crippen molar-refractivity contribution in [3.63, 3.8) is 0 Å². The van der Waals surface area contributed by atoms with Crippen molar-refractivity contribution in [2.24, 2.45) is 11.8 Å². The summed E-state index contributed by atoms with van der Waals surface area (Å²) in [7, 11) is 0. The van der Waals surface area contributed by atoms with Crippen molar-refractivity contribution in [1.82, 2.24) is 5.32 Å². The topological polar surface area (TPSA) is 49.3 Å². The van der Waals surface area contributed by atoms with Gasteiger partial charge in [0, 0.05) is 13.2 Å². The zero-order chi connectivity index (χ0) is 12.1. The first-order valence-corrected chi connectivity index (χ1v) is 7.86. The molecule has 3 unspecified atom stereocenters. The first kappa shape index (κ1) is 13.2. The van der Waals surface area contributed by atoms with Crippen LogP contribution in [0.15, 0.2) is 0 Å². The van der Waals surface area contributed by atoms with Crippen molar-refractivity contribution in [2.75, 3.05) is 18.9 Å². The lowest BCUT2D eigenvalue weighted by molar-refractivity contribution is -0.120. The van der Waals surface area contributed by atoms with E-state index in [1.807, 2.05) is 0 Å². The van der Waals surface area contributed by atoms with Crippen LogP contribution in [0.2, 0.25) is 0 Å². The third-order valence-electron chi connectivity index (χ3n) is 4.06. The minimum absolute atomic E-state index is 0.186. The lowest BCUT2D eigenvalue weighted by Crippen LogP contribution is -2.38. The fourth-order valence-electron chi connectivity index (χ4n) is 2.92. The van der Waals surface area contributed by atoms with Crippen LogP contribution in [0, 0.1) is 11.8 Å². The van der Waals surface area contributed by atoms with E-state index >= 15 is 0 Å². The largest absolute Gasteiger partial charge is 0.396 e.